The smallest absolute Gasteiger partial charge is 0.289 e. The number of hydrogen-bond acceptors (Lipinski definition) is 4. The summed E-state index contributed by atoms with van der Waals surface area (Å²) in [5.41, 5.74) is 1.11. The minimum absolute atomic E-state index is 0.0349. The molecule has 0 bridgehead atoms. The Morgan fingerprint density at radius 3 is 2.69 bits per heavy atom. The zero-order valence-corrected chi connectivity index (χ0v) is 17.0. The summed E-state index contributed by atoms with van der Waals surface area (Å²) in [6.07, 6.45) is 4.46. The van der Waals surface area contributed by atoms with Crippen LogP contribution in [0.2, 0.25) is 0 Å². The fraction of sp³-hybridized carbons (Fsp3) is 0.522. The molecule has 2 saturated heterocycles. The van der Waals surface area contributed by atoms with E-state index < -0.39 is 0 Å². The lowest BCUT2D eigenvalue weighted by Gasteiger charge is -2.32. The highest BCUT2D eigenvalue weighted by atomic mass is 19.1. The minimum atomic E-state index is -0.273. The van der Waals surface area contributed by atoms with Crippen molar-refractivity contribution >= 4 is 5.91 Å². The maximum atomic E-state index is 13.0. The van der Waals surface area contributed by atoms with Crippen molar-refractivity contribution in [2.45, 2.75) is 39.2 Å². The van der Waals surface area contributed by atoms with E-state index in [0.717, 1.165) is 50.3 Å². The Morgan fingerprint density at radius 2 is 1.93 bits per heavy atom. The van der Waals surface area contributed by atoms with Gasteiger partial charge in [-0.1, -0.05) is 0 Å². The van der Waals surface area contributed by atoms with Gasteiger partial charge in [0.15, 0.2) is 5.76 Å². The molecule has 1 atom stereocenters. The van der Waals surface area contributed by atoms with E-state index in [0.29, 0.717) is 24.7 Å². The van der Waals surface area contributed by atoms with Gasteiger partial charge < -0.3 is 14.1 Å². The number of halogens is 1. The molecule has 2 aromatic rings. The van der Waals surface area contributed by atoms with Crippen LogP contribution in [0.3, 0.4) is 0 Å². The molecular formula is C23H29FN2O3. The van der Waals surface area contributed by atoms with Crippen LogP contribution in [0.15, 0.2) is 34.7 Å². The lowest BCUT2D eigenvalue weighted by atomic mass is 9.98. The van der Waals surface area contributed by atoms with Gasteiger partial charge in [-0.3, -0.25) is 9.69 Å². The van der Waals surface area contributed by atoms with Gasteiger partial charge in [0.25, 0.3) is 5.91 Å². The van der Waals surface area contributed by atoms with E-state index in [1.54, 1.807) is 12.1 Å². The number of carbonyl (C=O) groups is 1. The molecule has 0 radical (unpaired) electrons. The number of rotatable bonds is 6. The second-order valence-electron chi connectivity index (χ2n) is 8.20. The van der Waals surface area contributed by atoms with Gasteiger partial charge in [0, 0.05) is 31.1 Å². The van der Waals surface area contributed by atoms with Crippen molar-refractivity contribution in [3.8, 4) is 5.75 Å². The summed E-state index contributed by atoms with van der Waals surface area (Å²) in [4.78, 5) is 17.3. The first-order valence-electron chi connectivity index (χ1n) is 10.6. The maximum absolute atomic E-state index is 13.0. The van der Waals surface area contributed by atoms with Gasteiger partial charge in [0.05, 0.1) is 6.61 Å². The van der Waals surface area contributed by atoms with Gasteiger partial charge >= 0.3 is 0 Å². The number of ether oxygens (including phenoxy) is 1. The van der Waals surface area contributed by atoms with Crippen molar-refractivity contribution in [2.24, 2.45) is 5.92 Å². The van der Waals surface area contributed by atoms with Crippen molar-refractivity contribution in [1.29, 1.82) is 0 Å². The molecule has 29 heavy (non-hydrogen) atoms. The number of likely N-dealkylation sites (tertiary alicyclic amines) is 2. The summed E-state index contributed by atoms with van der Waals surface area (Å²) in [6.45, 7) is 6.96. The SMILES string of the molecule is Cc1oc(C(=O)N2CCC[C@H](COc3ccc(F)cc3)C2)cc1CN1CCCC1. The fourth-order valence-corrected chi connectivity index (χ4v) is 4.25. The quantitative estimate of drug-likeness (QED) is 0.727. The van der Waals surface area contributed by atoms with Crippen LogP contribution < -0.4 is 4.74 Å². The van der Waals surface area contributed by atoms with Gasteiger partial charge in [-0.2, -0.15) is 0 Å². The first-order valence-corrected chi connectivity index (χ1v) is 10.6. The van der Waals surface area contributed by atoms with Crippen LogP contribution in [-0.4, -0.2) is 48.5 Å². The van der Waals surface area contributed by atoms with Gasteiger partial charge in [-0.05, 0) is 76.0 Å². The Morgan fingerprint density at radius 1 is 1.17 bits per heavy atom. The van der Waals surface area contributed by atoms with E-state index in [1.165, 1.54) is 25.0 Å². The zero-order valence-electron chi connectivity index (χ0n) is 17.0. The first-order chi connectivity index (χ1) is 14.1. The average molecular weight is 400 g/mol. The molecule has 2 aliphatic rings. The van der Waals surface area contributed by atoms with Crippen LogP contribution in [0.25, 0.3) is 0 Å². The van der Waals surface area contributed by atoms with Crippen molar-refractivity contribution in [3.63, 3.8) is 0 Å². The largest absolute Gasteiger partial charge is 0.493 e. The molecule has 4 rings (SSSR count). The number of nitrogens with zero attached hydrogens (tertiary/aromatic N) is 2. The van der Waals surface area contributed by atoms with Gasteiger partial charge in [0.1, 0.15) is 17.3 Å². The van der Waals surface area contributed by atoms with Crippen LogP contribution in [-0.2, 0) is 6.54 Å². The van der Waals surface area contributed by atoms with Crippen LogP contribution in [0, 0.1) is 18.7 Å². The van der Waals surface area contributed by atoms with Gasteiger partial charge in [-0.15, -0.1) is 0 Å². The average Bonchev–Trinajstić information content (AvgIpc) is 3.37. The van der Waals surface area contributed by atoms with E-state index in [1.807, 2.05) is 17.9 Å². The molecule has 0 aliphatic carbocycles. The monoisotopic (exact) mass is 400 g/mol. The topological polar surface area (TPSA) is 45.9 Å². The molecular weight excluding hydrogens is 371 g/mol. The molecule has 1 amide bonds. The molecule has 2 fully saturated rings. The third kappa shape index (κ3) is 4.99. The van der Waals surface area contributed by atoms with Crippen molar-refractivity contribution in [1.82, 2.24) is 9.80 Å². The minimum Gasteiger partial charge on any atom is -0.493 e. The molecule has 1 aromatic heterocycles. The molecule has 0 spiro atoms. The summed E-state index contributed by atoms with van der Waals surface area (Å²) >= 11 is 0. The molecule has 5 nitrogen and oxygen atoms in total. The molecule has 0 N–H and O–H groups in total. The van der Waals surface area contributed by atoms with Crippen LogP contribution in [0.1, 0.15) is 47.6 Å². The maximum Gasteiger partial charge on any atom is 0.289 e. The summed E-state index contributed by atoms with van der Waals surface area (Å²) in [6, 6.07) is 7.98. The fourth-order valence-electron chi connectivity index (χ4n) is 4.25. The summed E-state index contributed by atoms with van der Waals surface area (Å²) in [5.74, 6) is 1.89. The summed E-state index contributed by atoms with van der Waals surface area (Å²) < 4.78 is 24.6. The van der Waals surface area contributed by atoms with E-state index in [2.05, 4.69) is 4.90 Å². The number of furan rings is 1. The number of aryl methyl sites for hydroxylation is 1. The van der Waals surface area contributed by atoms with E-state index in [4.69, 9.17) is 9.15 Å². The van der Waals surface area contributed by atoms with Gasteiger partial charge in [-0.25, -0.2) is 4.39 Å². The highest BCUT2D eigenvalue weighted by molar-refractivity contribution is 5.91. The summed E-state index contributed by atoms with van der Waals surface area (Å²) in [5, 5.41) is 0. The molecule has 156 valence electrons. The van der Waals surface area contributed by atoms with Gasteiger partial charge in [0.2, 0.25) is 0 Å². The molecule has 1 aromatic carbocycles. The summed E-state index contributed by atoms with van der Waals surface area (Å²) in [7, 11) is 0. The standard InChI is InChI=1S/C23H29FN2O3/c1-17-19(15-25-10-2-3-11-25)13-22(29-17)23(27)26-12-4-5-18(14-26)16-28-21-8-6-20(24)7-9-21/h6-9,13,18H,2-5,10-12,14-16H2,1H3/t18-/m0/s1. The number of hydrogen-bond donors (Lipinski definition) is 0. The number of piperidine rings is 1. The van der Waals surface area contributed by atoms with Crippen molar-refractivity contribution in [2.75, 3.05) is 32.8 Å². The van der Waals surface area contributed by atoms with Crippen LogP contribution in [0.4, 0.5) is 4.39 Å². The highest BCUT2D eigenvalue weighted by Gasteiger charge is 2.28. The van der Waals surface area contributed by atoms with Crippen molar-refractivity contribution in [3.05, 3.63) is 53.2 Å². The Labute approximate surface area is 171 Å². The number of carbonyl (C=O) groups excluding carboxylic acids is 1. The van der Waals surface area contributed by atoms with E-state index in [-0.39, 0.29) is 17.6 Å². The third-order valence-corrected chi connectivity index (χ3v) is 5.93. The zero-order chi connectivity index (χ0) is 20.2. The predicted molar refractivity (Wildman–Crippen MR) is 108 cm³/mol. The second-order valence-corrected chi connectivity index (χ2v) is 8.20. The Kier molecular flexibility index (Phi) is 6.19. The number of amides is 1. The molecule has 2 aliphatic heterocycles. The number of benzene rings is 1. The normalized spacial score (nSPS) is 20.2. The van der Waals surface area contributed by atoms with E-state index >= 15 is 0 Å². The lowest BCUT2D eigenvalue weighted by Crippen LogP contribution is -2.41. The molecule has 6 heteroatoms. The van der Waals surface area contributed by atoms with E-state index in [9.17, 15) is 9.18 Å². The Hall–Kier alpha value is -2.34. The predicted octanol–water partition coefficient (Wildman–Crippen LogP) is 4.25. The third-order valence-electron chi connectivity index (χ3n) is 5.93. The highest BCUT2D eigenvalue weighted by Crippen LogP contribution is 2.24. The van der Waals surface area contributed by atoms with Crippen LogP contribution >= 0.6 is 0 Å². The molecule has 0 unspecified atom stereocenters. The van der Waals surface area contributed by atoms with Crippen LogP contribution in [0.5, 0.6) is 5.75 Å². The second kappa shape index (κ2) is 8.99. The Balaban J connectivity index is 1.34. The van der Waals surface area contributed by atoms with Crippen molar-refractivity contribution < 1.29 is 18.3 Å². The first kappa shape index (κ1) is 20.0. The molecule has 3 heterocycles. The Bertz CT molecular complexity index is 827. The lowest BCUT2D eigenvalue weighted by molar-refractivity contribution is 0.0601. The molecule has 0 saturated carbocycles.